The Morgan fingerprint density at radius 2 is 1.75 bits per heavy atom. The summed E-state index contributed by atoms with van der Waals surface area (Å²) in [6.45, 7) is 6.14. The van der Waals surface area contributed by atoms with Crippen molar-refractivity contribution in [2.45, 2.75) is 39.7 Å². The summed E-state index contributed by atoms with van der Waals surface area (Å²) in [5.74, 6) is 0.817. The van der Waals surface area contributed by atoms with Crippen LogP contribution in [0.3, 0.4) is 0 Å². The Bertz CT molecular complexity index is 809. The van der Waals surface area contributed by atoms with Crippen molar-refractivity contribution < 1.29 is 14.4 Å². The lowest BCUT2D eigenvalue weighted by atomic mass is 10.1. The smallest absolute Gasteiger partial charge is 0.263 e. The van der Waals surface area contributed by atoms with Crippen LogP contribution in [0.25, 0.3) is 0 Å². The molecule has 0 bridgehead atoms. The van der Waals surface area contributed by atoms with E-state index in [4.69, 9.17) is 9.57 Å². The average Bonchev–Trinajstić information content (AvgIpc) is 2.74. The summed E-state index contributed by atoms with van der Waals surface area (Å²) in [5, 5.41) is 4.09. The van der Waals surface area contributed by atoms with E-state index in [0.29, 0.717) is 6.61 Å². The topological polar surface area (TPSA) is 51.1 Å². The second kappa shape index (κ2) is 9.93. The predicted molar refractivity (Wildman–Crippen MR) is 111 cm³/mol. The van der Waals surface area contributed by atoms with E-state index in [1.54, 1.807) is 0 Å². The summed E-state index contributed by atoms with van der Waals surface area (Å²) in [6, 6.07) is 15.9. The normalized spacial score (nSPS) is 14.6. The number of rotatable bonds is 7. The molecule has 1 heterocycles. The molecule has 0 saturated carbocycles. The van der Waals surface area contributed by atoms with E-state index in [1.807, 2.05) is 48.2 Å². The number of amides is 1. The highest BCUT2D eigenvalue weighted by molar-refractivity contribution is 5.98. The van der Waals surface area contributed by atoms with Crippen LogP contribution >= 0.6 is 0 Å². The van der Waals surface area contributed by atoms with Crippen LogP contribution < -0.4 is 4.74 Å². The van der Waals surface area contributed by atoms with Crippen molar-refractivity contribution in [3.05, 3.63) is 65.2 Å². The van der Waals surface area contributed by atoms with Gasteiger partial charge in [0.2, 0.25) is 0 Å². The first-order chi connectivity index (χ1) is 13.6. The Morgan fingerprint density at radius 1 is 1.04 bits per heavy atom. The fourth-order valence-corrected chi connectivity index (χ4v) is 3.20. The molecule has 0 spiro atoms. The number of carbonyl (C=O) groups excluding carboxylic acids is 1. The Kier molecular flexibility index (Phi) is 7.06. The van der Waals surface area contributed by atoms with E-state index in [-0.39, 0.29) is 12.5 Å². The molecule has 1 fully saturated rings. The van der Waals surface area contributed by atoms with Crippen LogP contribution in [0.15, 0.2) is 53.7 Å². The predicted octanol–water partition coefficient (Wildman–Crippen LogP) is 4.33. The zero-order valence-corrected chi connectivity index (χ0v) is 16.7. The highest BCUT2D eigenvalue weighted by Crippen LogP contribution is 2.16. The Morgan fingerprint density at radius 3 is 2.46 bits per heavy atom. The van der Waals surface area contributed by atoms with Gasteiger partial charge >= 0.3 is 0 Å². The van der Waals surface area contributed by atoms with Gasteiger partial charge in [-0.1, -0.05) is 29.4 Å². The summed E-state index contributed by atoms with van der Waals surface area (Å²) >= 11 is 0. The summed E-state index contributed by atoms with van der Waals surface area (Å²) in [4.78, 5) is 19.2. The van der Waals surface area contributed by atoms with Gasteiger partial charge in [0.15, 0.2) is 6.61 Å². The molecule has 5 heteroatoms. The molecule has 1 aliphatic heterocycles. The minimum atomic E-state index is -0.00500. The van der Waals surface area contributed by atoms with Gasteiger partial charge in [-0.15, -0.1) is 0 Å². The molecule has 1 aliphatic rings. The number of oxime groups is 1. The van der Waals surface area contributed by atoms with Crippen LogP contribution in [-0.4, -0.2) is 36.2 Å². The van der Waals surface area contributed by atoms with Gasteiger partial charge in [-0.25, -0.2) is 0 Å². The van der Waals surface area contributed by atoms with E-state index >= 15 is 0 Å². The van der Waals surface area contributed by atoms with Crippen LogP contribution in [0.4, 0.5) is 0 Å². The van der Waals surface area contributed by atoms with Crippen molar-refractivity contribution in [1.29, 1.82) is 0 Å². The van der Waals surface area contributed by atoms with Gasteiger partial charge in [-0.05, 0) is 74.1 Å². The number of ether oxygens (including phenoxy) is 1. The van der Waals surface area contributed by atoms with Gasteiger partial charge in [0.25, 0.3) is 5.91 Å². The first-order valence-corrected chi connectivity index (χ1v) is 9.85. The van der Waals surface area contributed by atoms with Crippen LogP contribution in [0.1, 0.15) is 42.9 Å². The van der Waals surface area contributed by atoms with Gasteiger partial charge in [0, 0.05) is 13.1 Å². The van der Waals surface area contributed by atoms with Crippen LogP contribution in [0.5, 0.6) is 5.75 Å². The number of carbonyl (C=O) groups is 1. The Balaban J connectivity index is 1.48. The van der Waals surface area contributed by atoms with E-state index in [2.05, 4.69) is 24.2 Å². The van der Waals surface area contributed by atoms with Gasteiger partial charge in [-0.3, -0.25) is 4.79 Å². The van der Waals surface area contributed by atoms with E-state index in [0.717, 1.165) is 43.0 Å². The molecule has 28 heavy (non-hydrogen) atoms. The van der Waals surface area contributed by atoms with Crippen molar-refractivity contribution in [3.8, 4) is 5.75 Å². The Hall–Kier alpha value is -2.82. The third-order valence-corrected chi connectivity index (χ3v) is 5.03. The van der Waals surface area contributed by atoms with Crippen molar-refractivity contribution in [3.63, 3.8) is 0 Å². The molecule has 2 aromatic carbocycles. The zero-order valence-electron chi connectivity index (χ0n) is 16.7. The van der Waals surface area contributed by atoms with Gasteiger partial charge in [0.1, 0.15) is 12.4 Å². The fourth-order valence-electron chi connectivity index (χ4n) is 3.20. The minimum absolute atomic E-state index is 0.00500. The summed E-state index contributed by atoms with van der Waals surface area (Å²) < 4.78 is 5.87. The number of hydrogen-bond donors (Lipinski definition) is 0. The number of hydrogen-bond acceptors (Lipinski definition) is 4. The molecule has 2 aromatic rings. The molecule has 0 aromatic heterocycles. The van der Waals surface area contributed by atoms with Crippen molar-refractivity contribution >= 4 is 11.6 Å². The lowest BCUT2D eigenvalue weighted by Gasteiger charge is -2.26. The molecule has 3 rings (SSSR count). The highest BCUT2D eigenvalue weighted by atomic mass is 16.6. The molecule has 0 radical (unpaired) electrons. The molecule has 0 unspecified atom stereocenters. The largest absolute Gasteiger partial charge is 0.489 e. The quantitative estimate of drug-likeness (QED) is 0.531. The molecule has 0 atom stereocenters. The lowest BCUT2D eigenvalue weighted by molar-refractivity contribution is -0.137. The average molecular weight is 380 g/mol. The fraction of sp³-hybridized carbons (Fsp3) is 0.391. The molecule has 0 N–H and O–H groups in total. The number of aryl methyl sites for hydroxylation is 1. The first kappa shape index (κ1) is 19.9. The number of likely N-dealkylation sites (tertiary alicyclic amines) is 1. The van der Waals surface area contributed by atoms with Crippen LogP contribution in [0, 0.1) is 6.92 Å². The highest BCUT2D eigenvalue weighted by Gasteiger charge is 2.16. The molecular formula is C23H28N2O3. The maximum absolute atomic E-state index is 12.1. The SMILES string of the molecule is CC(=NOCC(=O)N1CCCCC1)c1ccc(OCc2ccccc2C)cc1. The minimum Gasteiger partial charge on any atom is -0.489 e. The van der Waals surface area contributed by atoms with Crippen molar-refractivity contribution in [2.24, 2.45) is 5.16 Å². The van der Waals surface area contributed by atoms with Gasteiger partial charge in [0.05, 0.1) is 5.71 Å². The molecular weight excluding hydrogens is 352 g/mol. The summed E-state index contributed by atoms with van der Waals surface area (Å²) in [5.41, 5.74) is 4.07. The third kappa shape index (κ3) is 5.59. The number of nitrogens with zero attached hydrogens (tertiary/aromatic N) is 2. The monoisotopic (exact) mass is 380 g/mol. The lowest BCUT2D eigenvalue weighted by Crippen LogP contribution is -2.37. The second-order valence-electron chi connectivity index (χ2n) is 7.13. The molecule has 1 amide bonds. The van der Waals surface area contributed by atoms with Crippen LogP contribution in [0.2, 0.25) is 0 Å². The second-order valence-corrected chi connectivity index (χ2v) is 7.13. The van der Waals surface area contributed by atoms with Crippen LogP contribution in [-0.2, 0) is 16.2 Å². The number of piperidine rings is 1. The standard InChI is InChI=1S/C23H28N2O3/c1-18-8-4-5-9-21(18)16-27-22-12-10-20(11-13-22)19(2)24-28-17-23(26)25-14-6-3-7-15-25/h4-5,8-13H,3,6-7,14-17H2,1-2H3. The molecule has 5 nitrogen and oxygen atoms in total. The van der Waals surface area contributed by atoms with E-state index < -0.39 is 0 Å². The van der Waals surface area contributed by atoms with E-state index in [1.165, 1.54) is 17.5 Å². The van der Waals surface area contributed by atoms with Gasteiger partial charge in [-0.2, -0.15) is 0 Å². The zero-order chi connectivity index (χ0) is 19.8. The molecule has 1 saturated heterocycles. The maximum Gasteiger partial charge on any atom is 0.263 e. The van der Waals surface area contributed by atoms with Crippen molar-refractivity contribution in [1.82, 2.24) is 4.90 Å². The van der Waals surface area contributed by atoms with Crippen molar-refractivity contribution in [2.75, 3.05) is 19.7 Å². The third-order valence-electron chi connectivity index (χ3n) is 5.03. The van der Waals surface area contributed by atoms with Gasteiger partial charge < -0.3 is 14.5 Å². The first-order valence-electron chi connectivity index (χ1n) is 9.85. The molecule has 0 aliphatic carbocycles. The van der Waals surface area contributed by atoms with E-state index in [9.17, 15) is 4.79 Å². The Labute approximate surface area is 166 Å². The summed E-state index contributed by atoms with van der Waals surface area (Å²) in [6.07, 6.45) is 3.35. The number of benzene rings is 2. The molecule has 148 valence electrons. The summed E-state index contributed by atoms with van der Waals surface area (Å²) in [7, 11) is 0. The maximum atomic E-state index is 12.1.